The fourth-order valence-electron chi connectivity index (χ4n) is 5.03. The third kappa shape index (κ3) is 5.44. The Labute approximate surface area is 216 Å². The van der Waals surface area contributed by atoms with Crippen LogP contribution in [0.4, 0.5) is 4.39 Å². The normalized spacial score (nSPS) is 17.5. The lowest BCUT2D eigenvalue weighted by Gasteiger charge is -2.33. The number of hydrogen-bond acceptors (Lipinski definition) is 5. The van der Waals surface area contributed by atoms with Crippen LogP contribution in [0.2, 0.25) is 0 Å². The number of carbonyl (C=O) groups is 1. The standard InChI is InChI=1S/C31H30FNO4/c1-20(24-12-7-9-21-8-3-4-10-25(21)24)33-18-23-17-27(26-11-5-6-13-29(26)37-23)22-14-15-30(28(32)16-22)36-19-31(34)35-2/h3-16,20,23,27,33H,17-19H2,1-2H3. The molecule has 0 aromatic heterocycles. The first-order valence-electron chi connectivity index (χ1n) is 12.5. The van der Waals surface area contributed by atoms with Gasteiger partial charge < -0.3 is 19.5 Å². The highest BCUT2D eigenvalue weighted by atomic mass is 19.1. The first kappa shape index (κ1) is 24.8. The molecule has 0 radical (unpaired) electrons. The third-order valence-electron chi connectivity index (χ3n) is 6.96. The van der Waals surface area contributed by atoms with Gasteiger partial charge in [-0.15, -0.1) is 0 Å². The molecule has 5 rings (SSSR count). The summed E-state index contributed by atoms with van der Waals surface area (Å²) in [6, 6.07) is 27.7. The van der Waals surface area contributed by atoms with Crippen LogP contribution in [0, 0.1) is 5.82 Å². The Balaban J connectivity index is 1.33. The maximum absolute atomic E-state index is 14.9. The lowest BCUT2D eigenvalue weighted by atomic mass is 9.84. The Bertz CT molecular complexity index is 1400. The van der Waals surface area contributed by atoms with Crippen molar-refractivity contribution in [2.24, 2.45) is 0 Å². The SMILES string of the molecule is COC(=O)COc1ccc(C2CC(CNC(C)c3cccc4ccccc34)Oc3ccccc32)cc1F. The van der Waals surface area contributed by atoms with E-state index in [0.29, 0.717) is 13.0 Å². The molecule has 4 aromatic carbocycles. The quantitative estimate of drug-likeness (QED) is 0.294. The molecule has 0 spiro atoms. The molecule has 190 valence electrons. The van der Waals surface area contributed by atoms with Crippen molar-refractivity contribution >= 4 is 16.7 Å². The number of hydrogen-bond donors (Lipinski definition) is 1. The molecule has 6 heteroatoms. The summed E-state index contributed by atoms with van der Waals surface area (Å²) in [7, 11) is 1.27. The van der Waals surface area contributed by atoms with E-state index in [1.165, 1.54) is 29.5 Å². The predicted molar refractivity (Wildman–Crippen MR) is 142 cm³/mol. The van der Waals surface area contributed by atoms with Crippen molar-refractivity contribution in [3.05, 3.63) is 107 Å². The summed E-state index contributed by atoms with van der Waals surface area (Å²) in [6.07, 6.45) is 0.615. The van der Waals surface area contributed by atoms with Gasteiger partial charge in [-0.2, -0.15) is 0 Å². The molecule has 3 atom stereocenters. The average molecular weight is 500 g/mol. The van der Waals surface area contributed by atoms with Gasteiger partial charge in [-0.3, -0.25) is 0 Å². The molecule has 0 saturated carbocycles. The van der Waals surface area contributed by atoms with Gasteiger partial charge in [0.15, 0.2) is 18.2 Å². The van der Waals surface area contributed by atoms with Crippen LogP contribution in [0.25, 0.3) is 10.8 Å². The monoisotopic (exact) mass is 499 g/mol. The van der Waals surface area contributed by atoms with E-state index in [-0.39, 0.29) is 30.4 Å². The summed E-state index contributed by atoms with van der Waals surface area (Å²) in [4.78, 5) is 11.4. The van der Waals surface area contributed by atoms with E-state index in [1.807, 2.05) is 30.3 Å². The second kappa shape index (κ2) is 11.0. The maximum atomic E-state index is 14.9. The smallest absolute Gasteiger partial charge is 0.343 e. The number of benzene rings is 4. The van der Waals surface area contributed by atoms with E-state index >= 15 is 0 Å². The van der Waals surface area contributed by atoms with E-state index in [0.717, 1.165) is 16.9 Å². The second-order valence-electron chi connectivity index (χ2n) is 9.32. The van der Waals surface area contributed by atoms with Gasteiger partial charge in [-0.1, -0.05) is 66.7 Å². The van der Waals surface area contributed by atoms with Crippen molar-refractivity contribution in [1.29, 1.82) is 0 Å². The molecule has 0 bridgehead atoms. The number of methoxy groups -OCH3 is 1. The van der Waals surface area contributed by atoms with E-state index in [2.05, 4.69) is 59.4 Å². The fraction of sp³-hybridized carbons (Fsp3) is 0.258. The molecule has 0 saturated heterocycles. The Morgan fingerprint density at radius 3 is 2.68 bits per heavy atom. The zero-order valence-electron chi connectivity index (χ0n) is 20.9. The van der Waals surface area contributed by atoms with Crippen LogP contribution in [-0.4, -0.2) is 32.3 Å². The van der Waals surface area contributed by atoms with Gasteiger partial charge >= 0.3 is 5.97 Å². The van der Waals surface area contributed by atoms with Crippen LogP contribution >= 0.6 is 0 Å². The summed E-state index contributed by atoms with van der Waals surface area (Å²) < 4.78 is 31.1. The summed E-state index contributed by atoms with van der Waals surface area (Å²) in [6.45, 7) is 2.48. The minimum atomic E-state index is -0.560. The molecule has 1 N–H and O–H groups in total. The fourth-order valence-corrected chi connectivity index (χ4v) is 5.03. The van der Waals surface area contributed by atoms with Gasteiger partial charge in [-0.25, -0.2) is 9.18 Å². The zero-order chi connectivity index (χ0) is 25.8. The first-order chi connectivity index (χ1) is 18.0. The predicted octanol–water partition coefficient (Wildman–Crippen LogP) is 6.16. The largest absolute Gasteiger partial charge is 0.489 e. The first-order valence-corrected chi connectivity index (χ1v) is 12.5. The molecule has 5 nitrogen and oxygen atoms in total. The lowest BCUT2D eigenvalue weighted by Crippen LogP contribution is -2.37. The minimum absolute atomic E-state index is 0.0247. The molecular formula is C31H30FNO4. The number of para-hydroxylation sites is 1. The number of nitrogens with one attached hydrogen (secondary N) is 1. The summed E-state index contributed by atoms with van der Waals surface area (Å²) in [5, 5.41) is 6.11. The van der Waals surface area contributed by atoms with Crippen LogP contribution < -0.4 is 14.8 Å². The molecule has 1 heterocycles. The number of esters is 1. The number of ether oxygens (including phenoxy) is 3. The highest BCUT2D eigenvalue weighted by Gasteiger charge is 2.30. The van der Waals surface area contributed by atoms with Crippen molar-refractivity contribution in [3.8, 4) is 11.5 Å². The van der Waals surface area contributed by atoms with E-state index < -0.39 is 11.8 Å². The average Bonchev–Trinajstić information content (AvgIpc) is 2.94. The van der Waals surface area contributed by atoms with Gasteiger partial charge in [-0.05, 0) is 53.4 Å². The van der Waals surface area contributed by atoms with Gasteiger partial charge in [0.2, 0.25) is 0 Å². The van der Waals surface area contributed by atoms with Crippen molar-refractivity contribution in [3.63, 3.8) is 0 Å². The lowest BCUT2D eigenvalue weighted by molar-refractivity contribution is -0.142. The highest BCUT2D eigenvalue weighted by molar-refractivity contribution is 5.86. The Kier molecular flexibility index (Phi) is 7.37. The Hall–Kier alpha value is -3.90. The number of halogens is 1. The minimum Gasteiger partial charge on any atom is -0.489 e. The molecule has 37 heavy (non-hydrogen) atoms. The summed E-state index contributed by atoms with van der Waals surface area (Å²) >= 11 is 0. The number of rotatable bonds is 8. The van der Waals surface area contributed by atoms with E-state index in [4.69, 9.17) is 9.47 Å². The van der Waals surface area contributed by atoms with Crippen molar-refractivity contribution in [2.75, 3.05) is 20.3 Å². The van der Waals surface area contributed by atoms with Crippen LogP contribution in [0.5, 0.6) is 11.5 Å². The third-order valence-corrected chi connectivity index (χ3v) is 6.96. The molecule has 1 aliphatic rings. The molecule has 4 aromatic rings. The van der Waals surface area contributed by atoms with Gasteiger partial charge in [0.05, 0.1) is 7.11 Å². The van der Waals surface area contributed by atoms with E-state index in [9.17, 15) is 9.18 Å². The topological polar surface area (TPSA) is 56.8 Å². The van der Waals surface area contributed by atoms with Gasteiger partial charge in [0, 0.05) is 24.1 Å². The summed E-state index contributed by atoms with van der Waals surface area (Å²) in [5.41, 5.74) is 3.12. The summed E-state index contributed by atoms with van der Waals surface area (Å²) in [5.74, 6) is -0.264. The highest BCUT2D eigenvalue weighted by Crippen LogP contribution is 2.41. The van der Waals surface area contributed by atoms with Crippen molar-refractivity contribution in [1.82, 2.24) is 5.32 Å². The van der Waals surface area contributed by atoms with Gasteiger partial charge in [0.1, 0.15) is 11.9 Å². The molecular weight excluding hydrogens is 469 g/mol. The van der Waals surface area contributed by atoms with Crippen molar-refractivity contribution in [2.45, 2.75) is 31.4 Å². The van der Waals surface area contributed by atoms with Crippen LogP contribution in [0.1, 0.15) is 42.0 Å². The van der Waals surface area contributed by atoms with Gasteiger partial charge in [0.25, 0.3) is 0 Å². The Morgan fingerprint density at radius 1 is 1.05 bits per heavy atom. The van der Waals surface area contributed by atoms with Crippen LogP contribution in [0.3, 0.4) is 0 Å². The molecule has 0 fully saturated rings. The Morgan fingerprint density at radius 2 is 1.84 bits per heavy atom. The molecule has 0 amide bonds. The second-order valence-corrected chi connectivity index (χ2v) is 9.32. The van der Waals surface area contributed by atoms with Crippen molar-refractivity contribution < 1.29 is 23.4 Å². The van der Waals surface area contributed by atoms with Crippen LogP contribution in [0.15, 0.2) is 84.9 Å². The maximum Gasteiger partial charge on any atom is 0.343 e. The van der Waals surface area contributed by atoms with Crippen LogP contribution in [-0.2, 0) is 9.53 Å². The molecule has 3 unspecified atom stereocenters. The zero-order valence-corrected chi connectivity index (χ0v) is 20.9. The molecule has 0 aliphatic carbocycles. The van der Waals surface area contributed by atoms with E-state index in [1.54, 1.807) is 6.07 Å². The number of fused-ring (bicyclic) bond motifs is 2. The number of carbonyl (C=O) groups excluding carboxylic acids is 1. The molecule has 1 aliphatic heterocycles.